The van der Waals surface area contributed by atoms with E-state index >= 15 is 0 Å². The van der Waals surface area contributed by atoms with Gasteiger partial charge in [-0.25, -0.2) is 0 Å². The molecule has 0 radical (unpaired) electrons. The molecule has 3 heteroatoms. The highest BCUT2D eigenvalue weighted by Gasteiger charge is 2.37. The Labute approximate surface area is 90.0 Å². The SMILES string of the molecule is COc1ccc(N2C[C@H]3C[C@H]2CN3)cc1. The Hall–Kier alpha value is -1.22. The number of piperazine rings is 1. The van der Waals surface area contributed by atoms with Gasteiger partial charge in [0.1, 0.15) is 5.75 Å². The first-order valence-corrected chi connectivity index (χ1v) is 5.51. The van der Waals surface area contributed by atoms with Gasteiger partial charge in [-0.05, 0) is 30.7 Å². The van der Waals surface area contributed by atoms with Crippen LogP contribution in [-0.4, -0.2) is 32.3 Å². The molecule has 3 nitrogen and oxygen atoms in total. The topological polar surface area (TPSA) is 24.5 Å². The molecule has 1 aromatic rings. The van der Waals surface area contributed by atoms with Crippen molar-refractivity contribution < 1.29 is 4.74 Å². The second-order valence-electron chi connectivity index (χ2n) is 4.35. The van der Waals surface area contributed by atoms with E-state index in [4.69, 9.17) is 4.74 Å². The summed E-state index contributed by atoms with van der Waals surface area (Å²) in [5.41, 5.74) is 1.32. The third-order valence-corrected chi connectivity index (χ3v) is 3.46. The number of hydrogen-bond acceptors (Lipinski definition) is 3. The van der Waals surface area contributed by atoms with E-state index in [1.807, 2.05) is 12.1 Å². The van der Waals surface area contributed by atoms with Crippen molar-refractivity contribution in [3.63, 3.8) is 0 Å². The summed E-state index contributed by atoms with van der Waals surface area (Å²) < 4.78 is 5.16. The molecule has 0 unspecified atom stereocenters. The summed E-state index contributed by atoms with van der Waals surface area (Å²) in [6.07, 6.45) is 1.30. The number of rotatable bonds is 2. The molecule has 2 atom stereocenters. The van der Waals surface area contributed by atoms with E-state index in [0.29, 0.717) is 12.1 Å². The zero-order valence-corrected chi connectivity index (χ0v) is 8.94. The second kappa shape index (κ2) is 3.42. The molecule has 2 heterocycles. The van der Waals surface area contributed by atoms with E-state index in [1.165, 1.54) is 12.1 Å². The summed E-state index contributed by atoms with van der Waals surface area (Å²) in [7, 11) is 1.71. The lowest BCUT2D eigenvalue weighted by Gasteiger charge is -2.29. The molecular weight excluding hydrogens is 188 g/mol. The maximum atomic E-state index is 5.16. The predicted octanol–water partition coefficient (Wildman–Crippen LogP) is 1.25. The van der Waals surface area contributed by atoms with E-state index in [0.717, 1.165) is 18.8 Å². The van der Waals surface area contributed by atoms with Crippen LogP contribution in [0.4, 0.5) is 5.69 Å². The van der Waals surface area contributed by atoms with Gasteiger partial charge in [-0.2, -0.15) is 0 Å². The van der Waals surface area contributed by atoms with Crippen molar-refractivity contribution in [3.8, 4) is 5.75 Å². The van der Waals surface area contributed by atoms with Crippen LogP contribution in [0.5, 0.6) is 5.75 Å². The lowest BCUT2D eigenvalue weighted by atomic mass is 10.2. The average molecular weight is 204 g/mol. The van der Waals surface area contributed by atoms with Gasteiger partial charge in [0, 0.05) is 30.9 Å². The third kappa shape index (κ3) is 1.47. The molecule has 1 N–H and O–H groups in total. The normalized spacial score (nSPS) is 28.5. The van der Waals surface area contributed by atoms with Crippen LogP contribution in [0.1, 0.15) is 6.42 Å². The largest absolute Gasteiger partial charge is 0.497 e. The predicted molar refractivity (Wildman–Crippen MR) is 60.5 cm³/mol. The van der Waals surface area contributed by atoms with Crippen LogP contribution in [0.3, 0.4) is 0 Å². The summed E-state index contributed by atoms with van der Waals surface area (Å²) in [4.78, 5) is 2.50. The number of nitrogens with zero attached hydrogens (tertiary/aromatic N) is 1. The minimum atomic E-state index is 0.698. The minimum absolute atomic E-state index is 0.698. The van der Waals surface area contributed by atoms with E-state index < -0.39 is 0 Å². The highest BCUT2D eigenvalue weighted by Crippen LogP contribution is 2.30. The maximum Gasteiger partial charge on any atom is 0.119 e. The van der Waals surface area contributed by atoms with Gasteiger partial charge < -0.3 is 15.0 Å². The van der Waals surface area contributed by atoms with E-state index in [1.54, 1.807) is 7.11 Å². The fourth-order valence-electron chi connectivity index (χ4n) is 2.65. The van der Waals surface area contributed by atoms with Crippen LogP contribution in [0, 0.1) is 0 Å². The highest BCUT2D eigenvalue weighted by atomic mass is 16.5. The highest BCUT2D eigenvalue weighted by molar-refractivity contribution is 5.52. The van der Waals surface area contributed by atoms with Gasteiger partial charge in [-0.15, -0.1) is 0 Å². The van der Waals surface area contributed by atoms with Crippen molar-refractivity contribution in [3.05, 3.63) is 24.3 Å². The molecule has 0 aliphatic carbocycles. The van der Waals surface area contributed by atoms with Crippen LogP contribution in [0.15, 0.2) is 24.3 Å². The Balaban J connectivity index is 1.81. The van der Waals surface area contributed by atoms with Crippen LogP contribution < -0.4 is 15.0 Å². The lowest BCUT2D eigenvalue weighted by Crippen LogP contribution is -2.43. The van der Waals surface area contributed by atoms with E-state index in [2.05, 4.69) is 22.3 Å². The molecule has 2 fully saturated rings. The Morgan fingerprint density at radius 1 is 1.33 bits per heavy atom. The molecule has 2 saturated heterocycles. The Morgan fingerprint density at radius 2 is 2.13 bits per heavy atom. The number of hydrogen-bond donors (Lipinski definition) is 1. The molecule has 2 aliphatic rings. The fraction of sp³-hybridized carbons (Fsp3) is 0.500. The van der Waals surface area contributed by atoms with Gasteiger partial charge in [0.05, 0.1) is 7.11 Å². The first-order valence-electron chi connectivity index (χ1n) is 5.51. The van der Waals surface area contributed by atoms with Crippen molar-refractivity contribution >= 4 is 5.69 Å². The molecule has 80 valence electrons. The number of ether oxygens (including phenoxy) is 1. The molecular formula is C12H16N2O. The van der Waals surface area contributed by atoms with Gasteiger partial charge in [0.2, 0.25) is 0 Å². The monoisotopic (exact) mass is 204 g/mol. The van der Waals surface area contributed by atoms with Gasteiger partial charge in [0.15, 0.2) is 0 Å². The fourth-order valence-corrected chi connectivity index (χ4v) is 2.65. The van der Waals surface area contributed by atoms with Crippen molar-refractivity contribution in [2.24, 2.45) is 0 Å². The molecule has 0 amide bonds. The summed E-state index contributed by atoms with van der Waals surface area (Å²) >= 11 is 0. The van der Waals surface area contributed by atoms with E-state index in [9.17, 15) is 0 Å². The molecule has 3 rings (SSSR count). The number of anilines is 1. The standard InChI is InChI=1S/C12H16N2O/c1-15-12-4-2-10(3-5-12)14-8-9-6-11(14)7-13-9/h2-5,9,11,13H,6-8H2,1H3/t9-,11+/m1/s1. The van der Waals surface area contributed by atoms with Crippen molar-refractivity contribution in [2.45, 2.75) is 18.5 Å². The Kier molecular flexibility index (Phi) is 2.06. The summed E-state index contributed by atoms with van der Waals surface area (Å²) in [6.45, 7) is 2.29. The number of benzene rings is 1. The summed E-state index contributed by atoms with van der Waals surface area (Å²) in [5.74, 6) is 0.932. The van der Waals surface area contributed by atoms with Crippen molar-refractivity contribution in [1.82, 2.24) is 5.32 Å². The summed E-state index contributed by atoms with van der Waals surface area (Å²) in [5, 5.41) is 3.51. The maximum absolute atomic E-state index is 5.16. The van der Waals surface area contributed by atoms with Crippen LogP contribution in [-0.2, 0) is 0 Å². The average Bonchev–Trinajstić information content (AvgIpc) is 2.91. The molecule has 0 aromatic heterocycles. The van der Waals surface area contributed by atoms with Gasteiger partial charge in [0.25, 0.3) is 0 Å². The minimum Gasteiger partial charge on any atom is -0.497 e. The van der Waals surface area contributed by atoms with E-state index in [-0.39, 0.29) is 0 Å². The first kappa shape index (κ1) is 9.04. The smallest absolute Gasteiger partial charge is 0.119 e. The van der Waals surface area contributed by atoms with Crippen LogP contribution >= 0.6 is 0 Å². The zero-order chi connectivity index (χ0) is 10.3. The quantitative estimate of drug-likeness (QED) is 0.784. The molecule has 15 heavy (non-hydrogen) atoms. The van der Waals surface area contributed by atoms with Crippen molar-refractivity contribution in [2.75, 3.05) is 25.1 Å². The van der Waals surface area contributed by atoms with Gasteiger partial charge in [-0.1, -0.05) is 0 Å². The molecule has 2 bridgehead atoms. The zero-order valence-electron chi connectivity index (χ0n) is 8.94. The molecule has 1 aromatic carbocycles. The molecule has 0 saturated carbocycles. The number of fused-ring (bicyclic) bond motifs is 2. The lowest BCUT2D eigenvalue weighted by molar-refractivity contribution is 0.414. The van der Waals surface area contributed by atoms with Crippen LogP contribution in [0.2, 0.25) is 0 Å². The molecule has 0 spiro atoms. The van der Waals surface area contributed by atoms with Crippen molar-refractivity contribution in [1.29, 1.82) is 0 Å². The van der Waals surface area contributed by atoms with Crippen LogP contribution in [0.25, 0.3) is 0 Å². The Morgan fingerprint density at radius 3 is 2.67 bits per heavy atom. The number of nitrogens with one attached hydrogen (secondary N) is 1. The first-order chi connectivity index (χ1) is 7.36. The number of methoxy groups -OCH3 is 1. The van der Waals surface area contributed by atoms with Gasteiger partial charge in [-0.3, -0.25) is 0 Å². The van der Waals surface area contributed by atoms with Gasteiger partial charge >= 0.3 is 0 Å². The second-order valence-corrected chi connectivity index (χ2v) is 4.35. The molecule has 2 aliphatic heterocycles. The summed E-state index contributed by atoms with van der Waals surface area (Å²) in [6, 6.07) is 9.78. The third-order valence-electron chi connectivity index (χ3n) is 3.46. The Bertz CT molecular complexity index is 349.